The molecular formula is C15H14Cl2N2O. The minimum atomic E-state index is -0.244. The monoisotopic (exact) mass is 308 g/mol. The second-order valence-electron chi connectivity index (χ2n) is 4.48. The minimum absolute atomic E-state index is 0.170. The largest absolute Gasteiger partial charge is 0.398 e. The number of rotatable bonds is 3. The fourth-order valence-electron chi connectivity index (χ4n) is 1.87. The molecule has 0 saturated heterocycles. The molecule has 0 fully saturated rings. The van der Waals surface area contributed by atoms with Crippen molar-refractivity contribution >= 4 is 34.8 Å². The Kier molecular flexibility index (Phi) is 4.53. The molecule has 20 heavy (non-hydrogen) atoms. The summed E-state index contributed by atoms with van der Waals surface area (Å²) in [4.78, 5) is 12.2. The van der Waals surface area contributed by atoms with Gasteiger partial charge in [0.05, 0.1) is 11.6 Å². The van der Waals surface area contributed by atoms with Crippen molar-refractivity contribution in [1.82, 2.24) is 5.32 Å². The zero-order valence-corrected chi connectivity index (χ0v) is 12.4. The highest BCUT2D eigenvalue weighted by molar-refractivity contribution is 6.31. The van der Waals surface area contributed by atoms with Crippen LogP contribution in [-0.4, -0.2) is 5.91 Å². The average Bonchev–Trinajstić information content (AvgIpc) is 2.38. The number of nitrogen functional groups attached to an aromatic ring is 1. The molecule has 2 aromatic rings. The van der Waals surface area contributed by atoms with Gasteiger partial charge in [0, 0.05) is 15.7 Å². The smallest absolute Gasteiger partial charge is 0.253 e. The molecule has 0 aliphatic carbocycles. The number of amides is 1. The first-order valence-corrected chi connectivity index (χ1v) is 6.84. The Morgan fingerprint density at radius 1 is 1.15 bits per heavy atom. The van der Waals surface area contributed by atoms with E-state index >= 15 is 0 Å². The molecule has 0 bridgehead atoms. The summed E-state index contributed by atoms with van der Waals surface area (Å²) < 4.78 is 0. The number of carbonyl (C=O) groups is 1. The molecule has 0 heterocycles. The number of benzene rings is 2. The van der Waals surface area contributed by atoms with Gasteiger partial charge < -0.3 is 11.1 Å². The fraction of sp³-hybridized carbons (Fsp3) is 0.133. The Morgan fingerprint density at radius 2 is 1.85 bits per heavy atom. The minimum Gasteiger partial charge on any atom is -0.398 e. The quantitative estimate of drug-likeness (QED) is 0.840. The highest BCUT2D eigenvalue weighted by atomic mass is 35.5. The molecule has 0 unspecified atom stereocenters. The maximum absolute atomic E-state index is 12.2. The molecule has 0 aromatic heterocycles. The van der Waals surface area contributed by atoms with Crippen LogP contribution < -0.4 is 11.1 Å². The SMILES string of the molecule is C[C@H](NC(=O)c1ccc(Cl)cc1N)c1cccc(Cl)c1. The second kappa shape index (κ2) is 6.16. The fourth-order valence-corrected chi connectivity index (χ4v) is 2.25. The van der Waals surface area contributed by atoms with E-state index in [-0.39, 0.29) is 11.9 Å². The Balaban J connectivity index is 2.15. The lowest BCUT2D eigenvalue weighted by atomic mass is 10.1. The highest BCUT2D eigenvalue weighted by Gasteiger charge is 2.14. The first kappa shape index (κ1) is 14.7. The molecule has 3 nitrogen and oxygen atoms in total. The number of anilines is 1. The van der Waals surface area contributed by atoms with Crippen molar-refractivity contribution in [2.45, 2.75) is 13.0 Å². The van der Waals surface area contributed by atoms with Gasteiger partial charge in [-0.25, -0.2) is 0 Å². The van der Waals surface area contributed by atoms with Crippen LogP contribution in [0.25, 0.3) is 0 Å². The van der Waals surface area contributed by atoms with Crippen LogP contribution in [0.1, 0.15) is 28.9 Å². The molecule has 0 saturated carbocycles. The van der Waals surface area contributed by atoms with E-state index in [4.69, 9.17) is 28.9 Å². The molecule has 2 aromatic carbocycles. The van der Waals surface area contributed by atoms with Gasteiger partial charge in [0.1, 0.15) is 0 Å². The van der Waals surface area contributed by atoms with Crippen LogP contribution in [0.4, 0.5) is 5.69 Å². The van der Waals surface area contributed by atoms with Crippen molar-refractivity contribution in [2.75, 3.05) is 5.73 Å². The molecule has 3 N–H and O–H groups in total. The Labute approximate surface area is 127 Å². The van der Waals surface area contributed by atoms with Crippen LogP contribution in [-0.2, 0) is 0 Å². The predicted octanol–water partition coefficient (Wildman–Crippen LogP) is 4.07. The Bertz CT molecular complexity index is 644. The zero-order valence-electron chi connectivity index (χ0n) is 10.9. The maximum Gasteiger partial charge on any atom is 0.253 e. The topological polar surface area (TPSA) is 55.1 Å². The van der Waals surface area contributed by atoms with E-state index in [0.717, 1.165) is 5.56 Å². The molecule has 0 spiro atoms. The predicted molar refractivity (Wildman–Crippen MR) is 83.2 cm³/mol. The lowest BCUT2D eigenvalue weighted by Gasteiger charge is -2.15. The number of hydrogen-bond donors (Lipinski definition) is 2. The van der Waals surface area contributed by atoms with Crippen LogP contribution in [0.3, 0.4) is 0 Å². The van der Waals surface area contributed by atoms with E-state index in [2.05, 4.69) is 5.32 Å². The molecule has 0 radical (unpaired) electrons. The van der Waals surface area contributed by atoms with Crippen molar-refractivity contribution in [2.24, 2.45) is 0 Å². The van der Waals surface area contributed by atoms with Gasteiger partial charge in [-0.05, 0) is 42.8 Å². The van der Waals surface area contributed by atoms with Crippen LogP contribution in [0, 0.1) is 0 Å². The van der Waals surface area contributed by atoms with E-state index in [1.165, 1.54) is 0 Å². The van der Waals surface area contributed by atoms with E-state index < -0.39 is 0 Å². The maximum atomic E-state index is 12.2. The van der Waals surface area contributed by atoms with Gasteiger partial charge in [-0.1, -0.05) is 35.3 Å². The normalized spacial score (nSPS) is 11.9. The highest BCUT2D eigenvalue weighted by Crippen LogP contribution is 2.21. The molecule has 0 aliphatic rings. The van der Waals surface area contributed by atoms with Gasteiger partial charge in [0.15, 0.2) is 0 Å². The lowest BCUT2D eigenvalue weighted by Crippen LogP contribution is -2.27. The molecule has 1 atom stereocenters. The van der Waals surface area contributed by atoms with Gasteiger partial charge in [-0.3, -0.25) is 4.79 Å². The number of hydrogen-bond acceptors (Lipinski definition) is 2. The lowest BCUT2D eigenvalue weighted by molar-refractivity contribution is 0.0941. The third kappa shape index (κ3) is 3.44. The first-order chi connectivity index (χ1) is 9.47. The van der Waals surface area contributed by atoms with Gasteiger partial charge >= 0.3 is 0 Å². The van der Waals surface area contributed by atoms with Crippen molar-refractivity contribution in [1.29, 1.82) is 0 Å². The summed E-state index contributed by atoms with van der Waals surface area (Å²) in [6.45, 7) is 1.88. The van der Waals surface area contributed by atoms with Crippen molar-refractivity contribution in [3.8, 4) is 0 Å². The van der Waals surface area contributed by atoms with E-state index in [1.807, 2.05) is 25.1 Å². The second-order valence-corrected chi connectivity index (χ2v) is 5.35. The number of nitrogens with two attached hydrogens (primary N) is 1. The van der Waals surface area contributed by atoms with E-state index in [1.54, 1.807) is 24.3 Å². The summed E-state index contributed by atoms with van der Waals surface area (Å²) in [6, 6.07) is 12.0. The van der Waals surface area contributed by atoms with Crippen molar-refractivity contribution in [3.05, 3.63) is 63.6 Å². The molecule has 5 heteroatoms. The van der Waals surface area contributed by atoms with Gasteiger partial charge in [0.25, 0.3) is 5.91 Å². The zero-order chi connectivity index (χ0) is 14.7. The molecule has 104 valence electrons. The van der Waals surface area contributed by atoms with Crippen molar-refractivity contribution in [3.63, 3.8) is 0 Å². The summed E-state index contributed by atoms with van der Waals surface area (Å²) >= 11 is 11.8. The van der Waals surface area contributed by atoms with Crippen molar-refractivity contribution < 1.29 is 4.79 Å². The number of carbonyl (C=O) groups excluding carboxylic acids is 1. The summed E-state index contributed by atoms with van der Waals surface area (Å²) in [6.07, 6.45) is 0. The third-order valence-corrected chi connectivity index (χ3v) is 3.42. The van der Waals surface area contributed by atoms with Crippen LogP contribution in [0.2, 0.25) is 10.0 Å². The molecule has 1 amide bonds. The van der Waals surface area contributed by atoms with Crippen LogP contribution in [0.5, 0.6) is 0 Å². The first-order valence-electron chi connectivity index (χ1n) is 6.08. The summed E-state index contributed by atoms with van der Waals surface area (Å²) in [7, 11) is 0. The van der Waals surface area contributed by atoms with Gasteiger partial charge in [0.2, 0.25) is 0 Å². The average molecular weight is 309 g/mol. The summed E-state index contributed by atoms with van der Waals surface area (Å²) in [5.41, 5.74) is 7.48. The molecule has 0 aliphatic heterocycles. The Morgan fingerprint density at radius 3 is 2.50 bits per heavy atom. The molecular weight excluding hydrogens is 295 g/mol. The number of nitrogens with one attached hydrogen (secondary N) is 1. The van der Waals surface area contributed by atoms with Gasteiger partial charge in [-0.2, -0.15) is 0 Å². The third-order valence-electron chi connectivity index (χ3n) is 2.95. The van der Waals surface area contributed by atoms with E-state index in [0.29, 0.717) is 21.3 Å². The van der Waals surface area contributed by atoms with Crippen LogP contribution in [0.15, 0.2) is 42.5 Å². The molecule has 2 rings (SSSR count). The summed E-state index contributed by atoms with van der Waals surface area (Å²) in [5, 5.41) is 4.02. The summed E-state index contributed by atoms with van der Waals surface area (Å²) in [5.74, 6) is -0.244. The van der Waals surface area contributed by atoms with Gasteiger partial charge in [-0.15, -0.1) is 0 Å². The Hall–Kier alpha value is -1.71. The number of halogens is 2. The van der Waals surface area contributed by atoms with E-state index in [9.17, 15) is 4.79 Å². The standard InChI is InChI=1S/C15H14Cl2N2O/c1-9(10-3-2-4-11(16)7-10)19-15(20)13-6-5-12(17)8-14(13)18/h2-9H,18H2,1H3,(H,19,20)/t9-/m0/s1. The van der Waals surface area contributed by atoms with Crippen LogP contribution >= 0.6 is 23.2 Å².